The number of benzene rings is 1. The Labute approximate surface area is 146 Å². The molecule has 1 aromatic carbocycles. The van der Waals surface area contributed by atoms with E-state index >= 15 is 0 Å². The number of rotatable bonds is 6. The van der Waals surface area contributed by atoms with E-state index in [9.17, 15) is 9.18 Å². The zero-order valence-corrected chi connectivity index (χ0v) is 14.3. The Bertz CT molecular complexity index is 708. The van der Waals surface area contributed by atoms with E-state index in [4.69, 9.17) is 5.73 Å². The van der Waals surface area contributed by atoms with Gasteiger partial charge in [-0.2, -0.15) is 0 Å². The molecule has 0 spiro atoms. The van der Waals surface area contributed by atoms with Gasteiger partial charge in [0, 0.05) is 5.92 Å². The van der Waals surface area contributed by atoms with E-state index < -0.39 is 0 Å². The minimum Gasteiger partial charge on any atom is -0.369 e. The van der Waals surface area contributed by atoms with Crippen molar-refractivity contribution in [1.82, 2.24) is 25.1 Å². The number of carbonyl (C=O) groups excluding carboxylic acids is 1. The average molecular weight is 346 g/mol. The molecule has 1 amide bonds. The third-order valence-electron chi connectivity index (χ3n) is 4.86. The third kappa shape index (κ3) is 4.01. The first kappa shape index (κ1) is 17.5. The standard InChI is InChI=1S/C17H23FN6O/c1-2-15(23-9-7-13(8-10-23)16(19)25)17-20-21-22-24(17)11-12-3-5-14(18)6-4-12/h3-6,13,15H,2,7-11H2,1H3,(H2,19,25)/t15-/m1/s1. The number of amides is 1. The van der Waals surface area contributed by atoms with Crippen LogP contribution in [0.2, 0.25) is 0 Å². The van der Waals surface area contributed by atoms with Crippen LogP contribution in [0, 0.1) is 11.7 Å². The summed E-state index contributed by atoms with van der Waals surface area (Å²) in [5, 5.41) is 12.2. The molecule has 0 bridgehead atoms. The van der Waals surface area contributed by atoms with Crippen LogP contribution in [0.4, 0.5) is 4.39 Å². The molecule has 1 saturated heterocycles. The average Bonchev–Trinajstić information content (AvgIpc) is 3.06. The summed E-state index contributed by atoms with van der Waals surface area (Å²) in [6.07, 6.45) is 2.40. The lowest BCUT2D eigenvalue weighted by atomic mass is 9.94. The van der Waals surface area contributed by atoms with Crippen LogP contribution in [0.5, 0.6) is 0 Å². The van der Waals surface area contributed by atoms with Gasteiger partial charge in [-0.1, -0.05) is 19.1 Å². The van der Waals surface area contributed by atoms with Crippen molar-refractivity contribution in [2.24, 2.45) is 11.7 Å². The molecule has 1 atom stereocenters. The summed E-state index contributed by atoms with van der Waals surface area (Å²) in [7, 11) is 0. The van der Waals surface area contributed by atoms with Crippen molar-refractivity contribution >= 4 is 5.91 Å². The highest BCUT2D eigenvalue weighted by Gasteiger charge is 2.30. The fourth-order valence-electron chi connectivity index (χ4n) is 3.43. The fraction of sp³-hybridized carbons (Fsp3) is 0.529. The van der Waals surface area contributed by atoms with Crippen LogP contribution in [-0.2, 0) is 11.3 Å². The van der Waals surface area contributed by atoms with Crippen molar-refractivity contribution in [2.75, 3.05) is 13.1 Å². The fourth-order valence-corrected chi connectivity index (χ4v) is 3.43. The van der Waals surface area contributed by atoms with Crippen LogP contribution in [0.3, 0.4) is 0 Å². The molecule has 2 aromatic rings. The molecular weight excluding hydrogens is 323 g/mol. The van der Waals surface area contributed by atoms with E-state index in [1.807, 2.05) is 0 Å². The number of hydrogen-bond acceptors (Lipinski definition) is 5. The van der Waals surface area contributed by atoms with Gasteiger partial charge in [-0.05, 0) is 60.5 Å². The molecular formula is C17H23FN6O. The lowest BCUT2D eigenvalue weighted by molar-refractivity contribution is -0.123. The van der Waals surface area contributed by atoms with Crippen LogP contribution in [0.1, 0.15) is 43.6 Å². The zero-order valence-electron chi connectivity index (χ0n) is 14.3. The summed E-state index contributed by atoms with van der Waals surface area (Å²) in [5.41, 5.74) is 6.36. The lowest BCUT2D eigenvalue weighted by Gasteiger charge is -2.35. The van der Waals surface area contributed by atoms with Crippen molar-refractivity contribution in [2.45, 2.75) is 38.8 Å². The maximum absolute atomic E-state index is 13.1. The maximum atomic E-state index is 13.1. The number of primary amides is 1. The molecule has 0 radical (unpaired) electrons. The molecule has 1 fully saturated rings. The SMILES string of the molecule is CC[C@H](c1nnnn1Cc1ccc(F)cc1)N1CCC(C(N)=O)CC1. The molecule has 134 valence electrons. The maximum Gasteiger partial charge on any atom is 0.220 e. The van der Waals surface area contributed by atoms with Gasteiger partial charge in [-0.3, -0.25) is 9.69 Å². The van der Waals surface area contributed by atoms with Crippen molar-refractivity contribution in [1.29, 1.82) is 0 Å². The van der Waals surface area contributed by atoms with E-state index in [1.54, 1.807) is 16.8 Å². The Kier molecular flexibility index (Phi) is 5.37. The Morgan fingerprint density at radius 1 is 1.32 bits per heavy atom. The van der Waals surface area contributed by atoms with Gasteiger partial charge < -0.3 is 5.73 Å². The smallest absolute Gasteiger partial charge is 0.220 e. The normalized spacial score (nSPS) is 17.5. The van der Waals surface area contributed by atoms with Crippen LogP contribution >= 0.6 is 0 Å². The van der Waals surface area contributed by atoms with Crippen LogP contribution in [0.25, 0.3) is 0 Å². The zero-order chi connectivity index (χ0) is 17.8. The molecule has 0 saturated carbocycles. The van der Waals surface area contributed by atoms with Gasteiger partial charge in [0.1, 0.15) is 5.82 Å². The van der Waals surface area contributed by atoms with E-state index in [0.717, 1.165) is 43.7 Å². The van der Waals surface area contributed by atoms with Gasteiger partial charge in [0.15, 0.2) is 5.82 Å². The number of aromatic nitrogens is 4. The van der Waals surface area contributed by atoms with Gasteiger partial charge in [0.05, 0.1) is 12.6 Å². The first-order chi connectivity index (χ1) is 12.1. The minimum absolute atomic E-state index is 0.0380. The van der Waals surface area contributed by atoms with Gasteiger partial charge in [-0.25, -0.2) is 9.07 Å². The lowest BCUT2D eigenvalue weighted by Crippen LogP contribution is -2.41. The molecule has 1 aromatic heterocycles. The Morgan fingerprint density at radius 3 is 2.60 bits per heavy atom. The summed E-state index contributed by atoms with van der Waals surface area (Å²) < 4.78 is 14.8. The first-order valence-corrected chi connectivity index (χ1v) is 8.62. The molecule has 2 N–H and O–H groups in total. The molecule has 7 nitrogen and oxygen atoms in total. The summed E-state index contributed by atoms with van der Waals surface area (Å²) in [6.45, 7) is 4.20. The van der Waals surface area contributed by atoms with Crippen molar-refractivity contribution in [3.63, 3.8) is 0 Å². The number of nitrogens with zero attached hydrogens (tertiary/aromatic N) is 5. The van der Waals surface area contributed by atoms with Crippen molar-refractivity contribution in [3.8, 4) is 0 Å². The number of hydrogen-bond donors (Lipinski definition) is 1. The second kappa shape index (κ2) is 7.69. The second-order valence-electron chi connectivity index (χ2n) is 6.46. The van der Waals surface area contributed by atoms with Gasteiger partial charge in [0.25, 0.3) is 0 Å². The van der Waals surface area contributed by atoms with E-state index in [-0.39, 0.29) is 23.7 Å². The summed E-state index contributed by atoms with van der Waals surface area (Å²) in [4.78, 5) is 13.7. The van der Waals surface area contributed by atoms with Crippen LogP contribution < -0.4 is 5.73 Å². The molecule has 1 aliphatic heterocycles. The second-order valence-corrected chi connectivity index (χ2v) is 6.46. The Balaban J connectivity index is 1.73. The highest BCUT2D eigenvalue weighted by atomic mass is 19.1. The van der Waals surface area contributed by atoms with Crippen molar-refractivity contribution < 1.29 is 9.18 Å². The summed E-state index contributed by atoms with van der Waals surface area (Å²) in [6, 6.07) is 6.43. The monoisotopic (exact) mass is 346 g/mol. The van der Waals surface area contributed by atoms with Gasteiger partial charge in [-0.15, -0.1) is 5.10 Å². The van der Waals surface area contributed by atoms with E-state index in [2.05, 4.69) is 27.3 Å². The predicted octanol–water partition coefficient (Wildman–Crippen LogP) is 1.51. The molecule has 8 heteroatoms. The Hall–Kier alpha value is -2.35. The molecule has 0 aliphatic carbocycles. The molecule has 3 rings (SSSR count). The quantitative estimate of drug-likeness (QED) is 0.856. The Morgan fingerprint density at radius 2 is 2.00 bits per heavy atom. The predicted molar refractivity (Wildman–Crippen MR) is 89.8 cm³/mol. The number of likely N-dealkylation sites (tertiary alicyclic amines) is 1. The first-order valence-electron chi connectivity index (χ1n) is 8.62. The summed E-state index contributed by atoms with van der Waals surface area (Å²) >= 11 is 0. The number of carbonyl (C=O) groups is 1. The molecule has 1 aliphatic rings. The highest BCUT2D eigenvalue weighted by molar-refractivity contribution is 5.76. The summed E-state index contributed by atoms with van der Waals surface area (Å²) in [5.74, 6) is 0.284. The van der Waals surface area contributed by atoms with E-state index in [0.29, 0.717) is 6.54 Å². The van der Waals surface area contributed by atoms with Crippen LogP contribution in [-0.4, -0.2) is 44.1 Å². The van der Waals surface area contributed by atoms with Gasteiger partial charge >= 0.3 is 0 Å². The third-order valence-corrected chi connectivity index (χ3v) is 4.86. The number of halogens is 1. The molecule has 2 heterocycles. The topological polar surface area (TPSA) is 89.9 Å². The van der Waals surface area contributed by atoms with Crippen LogP contribution in [0.15, 0.2) is 24.3 Å². The number of nitrogens with two attached hydrogens (primary N) is 1. The highest BCUT2D eigenvalue weighted by Crippen LogP contribution is 2.28. The number of tetrazole rings is 1. The molecule has 25 heavy (non-hydrogen) atoms. The van der Waals surface area contributed by atoms with Gasteiger partial charge in [0.2, 0.25) is 5.91 Å². The number of piperidine rings is 1. The van der Waals surface area contributed by atoms with E-state index in [1.165, 1.54) is 12.1 Å². The van der Waals surface area contributed by atoms with Crippen molar-refractivity contribution in [3.05, 3.63) is 41.5 Å². The minimum atomic E-state index is -0.260. The largest absolute Gasteiger partial charge is 0.369 e. The molecule has 0 unspecified atom stereocenters.